The van der Waals surface area contributed by atoms with E-state index >= 15 is 0 Å². The van der Waals surface area contributed by atoms with Gasteiger partial charge in [-0.1, -0.05) is 18.5 Å². The van der Waals surface area contributed by atoms with Crippen LogP contribution in [0, 0.1) is 5.92 Å². The molecule has 94 valence electrons. The summed E-state index contributed by atoms with van der Waals surface area (Å²) >= 11 is 7.35. The van der Waals surface area contributed by atoms with Crippen molar-refractivity contribution < 1.29 is 4.79 Å². The number of carbonyl (C=O) groups excluding carboxylic acids is 1. The maximum atomic E-state index is 11.6. The standard InChI is InChI=1S/C12H17ClN2OS/c1-9(6-14)7-17-8-12(16)15-11-4-2-10(13)3-5-11/h2-5,9H,6-8,14H2,1H3,(H,15,16). The van der Waals surface area contributed by atoms with Crippen molar-refractivity contribution in [1.82, 2.24) is 0 Å². The SMILES string of the molecule is CC(CN)CSCC(=O)Nc1ccc(Cl)cc1. The molecular formula is C12H17ClN2OS. The first kappa shape index (κ1) is 14.4. The van der Waals surface area contributed by atoms with E-state index in [2.05, 4.69) is 12.2 Å². The Bertz CT molecular complexity index is 356. The van der Waals surface area contributed by atoms with Crippen LogP contribution in [0.3, 0.4) is 0 Å². The van der Waals surface area contributed by atoms with E-state index in [1.165, 1.54) is 0 Å². The predicted molar refractivity (Wildman–Crippen MR) is 75.6 cm³/mol. The van der Waals surface area contributed by atoms with Crippen molar-refractivity contribution in [2.75, 3.05) is 23.4 Å². The molecule has 0 aromatic heterocycles. The fourth-order valence-electron chi connectivity index (χ4n) is 1.15. The Hall–Kier alpha value is -0.710. The summed E-state index contributed by atoms with van der Waals surface area (Å²) in [4.78, 5) is 11.6. The van der Waals surface area contributed by atoms with Gasteiger partial charge in [-0.25, -0.2) is 0 Å². The lowest BCUT2D eigenvalue weighted by Crippen LogP contribution is -2.17. The van der Waals surface area contributed by atoms with Gasteiger partial charge in [0.05, 0.1) is 5.75 Å². The average molecular weight is 273 g/mol. The molecule has 1 atom stereocenters. The lowest BCUT2D eigenvalue weighted by atomic mass is 10.2. The van der Waals surface area contributed by atoms with Crippen LogP contribution < -0.4 is 11.1 Å². The quantitative estimate of drug-likeness (QED) is 0.837. The summed E-state index contributed by atoms with van der Waals surface area (Å²) in [5.74, 6) is 1.81. The van der Waals surface area contributed by atoms with Crippen molar-refractivity contribution in [3.8, 4) is 0 Å². The number of nitrogens with one attached hydrogen (secondary N) is 1. The second kappa shape index (κ2) is 7.58. The first-order chi connectivity index (χ1) is 8.11. The van der Waals surface area contributed by atoms with Gasteiger partial charge in [0.2, 0.25) is 5.91 Å². The molecule has 3 N–H and O–H groups in total. The minimum Gasteiger partial charge on any atom is -0.330 e. The number of rotatable bonds is 6. The Morgan fingerprint density at radius 2 is 2.12 bits per heavy atom. The number of benzene rings is 1. The predicted octanol–water partition coefficient (Wildman–Crippen LogP) is 2.61. The summed E-state index contributed by atoms with van der Waals surface area (Å²) in [5.41, 5.74) is 6.27. The van der Waals surface area contributed by atoms with Gasteiger partial charge < -0.3 is 11.1 Å². The van der Waals surface area contributed by atoms with Crippen molar-refractivity contribution in [3.63, 3.8) is 0 Å². The lowest BCUT2D eigenvalue weighted by Gasteiger charge is -2.08. The first-order valence-corrected chi connectivity index (χ1v) is 6.98. The van der Waals surface area contributed by atoms with Gasteiger partial charge in [-0.2, -0.15) is 11.8 Å². The van der Waals surface area contributed by atoms with Crippen LogP contribution in [0.15, 0.2) is 24.3 Å². The highest BCUT2D eigenvalue weighted by atomic mass is 35.5. The zero-order chi connectivity index (χ0) is 12.7. The van der Waals surface area contributed by atoms with E-state index in [9.17, 15) is 4.79 Å². The van der Waals surface area contributed by atoms with Gasteiger partial charge in [0.1, 0.15) is 0 Å². The minimum atomic E-state index is 0.00143. The van der Waals surface area contributed by atoms with E-state index in [1.54, 1.807) is 36.0 Å². The third-order valence-corrected chi connectivity index (χ3v) is 3.69. The molecule has 0 heterocycles. The smallest absolute Gasteiger partial charge is 0.234 e. The van der Waals surface area contributed by atoms with Crippen molar-refractivity contribution >= 4 is 35.0 Å². The summed E-state index contributed by atoms with van der Waals surface area (Å²) in [6.07, 6.45) is 0. The van der Waals surface area contributed by atoms with Crippen LogP contribution in [0.1, 0.15) is 6.92 Å². The Balaban J connectivity index is 2.27. The molecule has 0 radical (unpaired) electrons. The Morgan fingerprint density at radius 1 is 1.47 bits per heavy atom. The largest absolute Gasteiger partial charge is 0.330 e. The van der Waals surface area contributed by atoms with Gasteiger partial charge in [0.25, 0.3) is 0 Å². The molecule has 0 bridgehead atoms. The van der Waals surface area contributed by atoms with E-state index < -0.39 is 0 Å². The maximum Gasteiger partial charge on any atom is 0.234 e. The van der Waals surface area contributed by atoms with E-state index in [0.29, 0.717) is 23.2 Å². The molecule has 17 heavy (non-hydrogen) atoms. The van der Waals surface area contributed by atoms with Gasteiger partial charge in [0, 0.05) is 10.7 Å². The minimum absolute atomic E-state index is 0.00143. The summed E-state index contributed by atoms with van der Waals surface area (Å²) in [6, 6.07) is 7.07. The van der Waals surface area contributed by atoms with E-state index in [4.69, 9.17) is 17.3 Å². The summed E-state index contributed by atoms with van der Waals surface area (Å²) < 4.78 is 0. The first-order valence-electron chi connectivity index (χ1n) is 5.45. The van der Waals surface area contributed by atoms with Gasteiger partial charge in [-0.05, 0) is 42.5 Å². The topological polar surface area (TPSA) is 55.1 Å². The highest BCUT2D eigenvalue weighted by molar-refractivity contribution is 7.99. The zero-order valence-corrected chi connectivity index (χ0v) is 11.4. The van der Waals surface area contributed by atoms with Crippen LogP contribution >= 0.6 is 23.4 Å². The van der Waals surface area contributed by atoms with E-state index in [1.807, 2.05) is 0 Å². The molecule has 0 fully saturated rings. The Kier molecular flexibility index (Phi) is 6.40. The number of anilines is 1. The van der Waals surface area contributed by atoms with Gasteiger partial charge in [-0.15, -0.1) is 0 Å². The molecule has 1 amide bonds. The molecule has 3 nitrogen and oxygen atoms in total. The second-order valence-electron chi connectivity index (χ2n) is 3.91. The molecule has 1 unspecified atom stereocenters. The third kappa shape index (κ3) is 5.96. The summed E-state index contributed by atoms with van der Waals surface area (Å²) in [7, 11) is 0. The van der Waals surface area contributed by atoms with Crippen LogP contribution in [0.25, 0.3) is 0 Å². The number of amides is 1. The molecule has 0 aliphatic carbocycles. The highest BCUT2D eigenvalue weighted by Crippen LogP contribution is 2.14. The van der Waals surface area contributed by atoms with Gasteiger partial charge in [-0.3, -0.25) is 4.79 Å². The van der Waals surface area contributed by atoms with Gasteiger partial charge in [0.15, 0.2) is 0 Å². The molecular weight excluding hydrogens is 256 g/mol. The lowest BCUT2D eigenvalue weighted by molar-refractivity contribution is -0.113. The molecule has 0 aliphatic heterocycles. The number of hydrogen-bond donors (Lipinski definition) is 2. The average Bonchev–Trinajstić information content (AvgIpc) is 2.32. The van der Waals surface area contributed by atoms with E-state index in [-0.39, 0.29) is 5.91 Å². The molecule has 5 heteroatoms. The molecule has 0 spiro atoms. The molecule has 1 aromatic rings. The summed E-state index contributed by atoms with van der Waals surface area (Å²) in [6.45, 7) is 2.73. The van der Waals surface area contributed by atoms with Crippen LogP contribution in [-0.2, 0) is 4.79 Å². The van der Waals surface area contributed by atoms with Crippen LogP contribution in [0.2, 0.25) is 5.02 Å². The van der Waals surface area contributed by atoms with Crippen molar-refractivity contribution in [2.45, 2.75) is 6.92 Å². The van der Waals surface area contributed by atoms with Crippen molar-refractivity contribution in [1.29, 1.82) is 0 Å². The normalized spacial score (nSPS) is 12.2. The van der Waals surface area contributed by atoms with E-state index in [0.717, 1.165) is 11.4 Å². The molecule has 0 saturated carbocycles. The monoisotopic (exact) mass is 272 g/mol. The highest BCUT2D eigenvalue weighted by Gasteiger charge is 2.04. The fourth-order valence-corrected chi connectivity index (χ4v) is 2.19. The van der Waals surface area contributed by atoms with Crippen LogP contribution in [0.4, 0.5) is 5.69 Å². The maximum absolute atomic E-state index is 11.6. The Labute approximate surface area is 111 Å². The number of thioether (sulfide) groups is 1. The van der Waals surface area contributed by atoms with Crippen LogP contribution in [-0.4, -0.2) is 24.0 Å². The molecule has 0 aliphatic rings. The molecule has 1 rings (SSSR count). The molecule has 1 aromatic carbocycles. The number of halogens is 1. The van der Waals surface area contributed by atoms with Gasteiger partial charge >= 0.3 is 0 Å². The van der Waals surface area contributed by atoms with Crippen molar-refractivity contribution in [2.24, 2.45) is 11.7 Å². The second-order valence-corrected chi connectivity index (χ2v) is 5.38. The number of carbonyl (C=O) groups is 1. The zero-order valence-electron chi connectivity index (χ0n) is 9.78. The molecule has 0 saturated heterocycles. The van der Waals surface area contributed by atoms with Crippen LogP contribution in [0.5, 0.6) is 0 Å². The summed E-state index contributed by atoms with van der Waals surface area (Å²) in [5, 5.41) is 3.47. The fraction of sp³-hybridized carbons (Fsp3) is 0.417. The van der Waals surface area contributed by atoms with Crippen molar-refractivity contribution in [3.05, 3.63) is 29.3 Å². The number of nitrogens with two attached hydrogens (primary N) is 1. The number of hydrogen-bond acceptors (Lipinski definition) is 3. The third-order valence-electron chi connectivity index (χ3n) is 2.17. The Morgan fingerprint density at radius 3 is 2.71 bits per heavy atom.